The molecule has 0 amide bonds. The molecule has 0 bridgehead atoms. The summed E-state index contributed by atoms with van der Waals surface area (Å²) in [6.07, 6.45) is 5.06. The van der Waals surface area contributed by atoms with Crippen LogP contribution in [-0.4, -0.2) is 11.2 Å². The van der Waals surface area contributed by atoms with E-state index in [1.165, 1.54) is 0 Å². The van der Waals surface area contributed by atoms with Gasteiger partial charge in [0.1, 0.15) is 5.54 Å². The molecule has 1 fully saturated rings. The molecule has 0 N–H and O–H groups in total. The Kier molecular flexibility index (Phi) is 1.55. The van der Waals surface area contributed by atoms with Crippen LogP contribution in [0.1, 0.15) is 18.4 Å². The number of hydrogen-bond acceptors (Lipinski definition) is 4. The van der Waals surface area contributed by atoms with Gasteiger partial charge in [-0.05, 0) is 18.9 Å². The molecule has 3 rings (SSSR count). The van der Waals surface area contributed by atoms with Crippen LogP contribution in [0.25, 0.3) is 11.0 Å². The van der Waals surface area contributed by atoms with Crippen molar-refractivity contribution in [1.82, 2.24) is 5.16 Å². The Morgan fingerprint density at radius 3 is 3.07 bits per heavy atom. The molecule has 0 atom stereocenters. The third-order valence-corrected chi connectivity index (χ3v) is 2.87. The van der Waals surface area contributed by atoms with Crippen molar-refractivity contribution in [1.29, 1.82) is 0 Å². The highest BCUT2D eigenvalue weighted by atomic mass is 16.5. The van der Waals surface area contributed by atoms with Crippen molar-refractivity contribution in [2.24, 2.45) is 4.99 Å². The minimum absolute atomic E-state index is 0.388. The van der Waals surface area contributed by atoms with Gasteiger partial charge in [0.25, 0.3) is 0 Å². The monoisotopic (exact) mass is 200 g/mol. The van der Waals surface area contributed by atoms with E-state index in [-0.39, 0.29) is 5.54 Å². The van der Waals surface area contributed by atoms with Crippen molar-refractivity contribution in [2.75, 3.05) is 0 Å². The van der Waals surface area contributed by atoms with Gasteiger partial charge in [-0.2, -0.15) is 4.99 Å². The van der Waals surface area contributed by atoms with Crippen molar-refractivity contribution in [2.45, 2.75) is 18.4 Å². The van der Waals surface area contributed by atoms with Crippen LogP contribution in [0, 0.1) is 0 Å². The number of carbonyl (C=O) groups excluding carboxylic acids is 1. The summed E-state index contributed by atoms with van der Waals surface area (Å²) in [4.78, 5) is 14.2. The van der Waals surface area contributed by atoms with Crippen molar-refractivity contribution >= 4 is 17.0 Å². The van der Waals surface area contributed by atoms with Crippen LogP contribution in [0.2, 0.25) is 0 Å². The van der Waals surface area contributed by atoms with Gasteiger partial charge in [-0.15, -0.1) is 0 Å². The number of rotatable bonds is 2. The molecule has 4 nitrogen and oxygen atoms in total. The number of benzene rings is 1. The molecule has 0 aliphatic heterocycles. The van der Waals surface area contributed by atoms with Gasteiger partial charge in [-0.25, -0.2) is 4.79 Å². The summed E-state index contributed by atoms with van der Waals surface area (Å²) in [5, 5.41) is 4.69. The van der Waals surface area contributed by atoms with Gasteiger partial charge in [0.15, 0.2) is 5.58 Å². The Morgan fingerprint density at radius 1 is 1.47 bits per heavy atom. The number of para-hydroxylation sites is 1. The zero-order chi connectivity index (χ0) is 10.3. The molecule has 1 aromatic heterocycles. The van der Waals surface area contributed by atoms with E-state index in [1.807, 2.05) is 18.2 Å². The number of nitrogens with zero attached hydrogens (tertiary/aromatic N) is 2. The second kappa shape index (κ2) is 2.78. The van der Waals surface area contributed by atoms with Gasteiger partial charge < -0.3 is 4.52 Å². The summed E-state index contributed by atoms with van der Waals surface area (Å²) in [7, 11) is 0. The molecular weight excluding hydrogens is 192 g/mol. The van der Waals surface area contributed by atoms with Gasteiger partial charge in [0, 0.05) is 10.9 Å². The summed E-state index contributed by atoms with van der Waals surface area (Å²) in [6.45, 7) is 0. The number of aliphatic imine (C=N–C) groups is 1. The maximum Gasteiger partial charge on any atom is 0.235 e. The van der Waals surface area contributed by atoms with Crippen molar-refractivity contribution < 1.29 is 9.32 Å². The Hall–Kier alpha value is -1.93. The molecule has 0 radical (unpaired) electrons. The highest BCUT2D eigenvalue weighted by Gasteiger charge is 2.46. The average Bonchev–Trinajstić information content (AvgIpc) is 2.88. The molecule has 1 saturated carbocycles. The molecule has 4 heteroatoms. The zero-order valence-electron chi connectivity index (χ0n) is 7.93. The van der Waals surface area contributed by atoms with Crippen molar-refractivity contribution in [3.63, 3.8) is 0 Å². The van der Waals surface area contributed by atoms with Crippen LogP contribution < -0.4 is 0 Å². The third-order valence-electron chi connectivity index (χ3n) is 2.87. The lowest BCUT2D eigenvalue weighted by Crippen LogP contribution is -2.02. The van der Waals surface area contributed by atoms with Crippen LogP contribution in [0.5, 0.6) is 0 Å². The van der Waals surface area contributed by atoms with E-state index < -0.39 is 0 Å². The Morgan fingerprint density at radius 2 is 2.33 bits per heavy atom. The summed E-state index contributed by atoms with van der Waals surface area (Å²) in [5.41, 5.74) is 1.29. The summed E-state index contributed by atoms with van der Waals surface area (Å²) < 4.78 is 5.18. The molecule has 15 heavy (non-hydrogen) atoms. The zero-order valence-corrected chi connectivity index (χ0v) is 7.93. The van der Waals surface area contributed by atoms with E-state index in [2.05, 4.69) is 10.1 Å². The van der Waals surface area contributed by atoms with Crippen molar-refractivity contribution in [3.05, 3.63) is 30.0 Å². The fraction of sp³-hybridized carbons (Fsp3) is 0.273. The quantitative estimate of drug-likeness (QED) is 0.551. The molecule has 74 valence electrons. The lowest BCUT2D eigenvalue weighted by molar-refractivity contribution is 0.451. The van der Waals surface area contributed by atoms with Gasteiger partial charge in [0.2, 0.25) is 6.08 Å². The minimum Gasteiger partial charge on any atom is -0.356 e. The van der Waals surface area contributed by atoms with Gasteiger partial charge in [-0.1, -0.05) is 17.3 Å². The van der Waals surface area contributed by atoms with Crippen LogP contribution in [0.4, 0.5) is 0 Å². The molecule has 1 aliphatic rings. The van der Waals surface area contributed by atoms with E-state index in [4.69, 9.17) is 4.52 Å². The second-order valence-electron chi connectivity index (χ2n) is 3.78. The van der Waals surface area contributed by atoms with E-state index in [9.17, 15) is 4.79 Å². The van der Waals surface area contributed by atoms with E-state index in [0.29, 0.717) is 0 Å². The lowest BCUT2D eigenvalue weighted by Gasteiger charge is -2.06. The molecule has 1 aliphatic carbocycles. The molecule has 0 unspecified atom stereocenters. The number of hydrogen-bond donors (Lipinski definition) is 0. The highest BCUT2D eigenvalue weighted by molar-refractivity contribution is 5.80. The van der Waals surface area contributed by atoms with Crippen LogP contribution in [0.3, 0.4) is 0 Å². The fourth-order valence-electron chi connectivity index (χ4n) is 1.91. The van der Waals surface area contributed by atoms with Crippen LogP contribution >= 0.6 is 0 Å². The van der Waals surface area contributed by atoms with Gasteiger partial charge in [0.05, 0.1) is 6.20 Å². The lowest BCUT2D eigenvalue weighted by atomic mass is 10.0. The topological polar surface area (TPSA) is 55.5 Å². The van der Waals surface area contributed by atoms with Crippen LogP contribution in [-0.2, 0) is 10.3 Å². The maximum atomic E-state index is 10.4. The fourth-order valence-corrected chi connectivity index (χ4v) is 1.91. The standard InChI is InChI=1S/C11H8N2O2/c14-7-12-11(4-5-11)9-3-1-2-8-6-13-15-10(8)9/h1-3,6H,4-5H2. The number of fused-ring (bicyclic) bond motifs is 1. The molecule has 1 heterocycles. The number of aromatic nitrogens is 1. The first kappa shape index (κ1) is 8.38. The molecule has 0 spiro atoms. The maximum absolute atomic E-state index is 10.4. The van der Waals surface area contributed by atoms with E-state index in [0.717, 1.165) is 29.4 Å². The number of isocyanates is 1. The molecule has 0 saturated heterocycles. The predicted molar refractivity (Wildman–Crippen MR) is 53.0 cm³/mol. The highest BCUT2D eigenvalue weighted by Crippen LogP contribution is 2.51. The first-order chi connectivity index (χ1) is 7.36. The summed E-state index contributed by atoms with van der Waals surface area (Å²) >= 11 is 0. The van der Waals surface area contributed by atoms with Crippen molar-refractivity contribution in [3.8, 4) is 0 Å². The largest absolute Gasteiger partial charge is 0.356 e. The Balaban J connectivity index is 2.26. The normalized spacial score (nSPS) is 17.3. The Bertz CT molecular complexity index is 563. The predicted octanol–water partition coefficient (Wildman–Crippen LogP) is 2.15. The van der Waals surface area contributed by atoms with Gasteiger partial charge in [-0.3, -0.25) is 0 Å². The SMILES string of the molecule is O=C=NC1(c2cccc3cnoc23)CC1. The molecule has 1 aromatic carbocycles. The second-order valence-corrected chi connectivity index (χ2v) is 3.78. The first-order valence-corrected chi connectivity index (χ1v) is 4.79. The Labute approximate surface area is 85.6 Å². The minimum atomic E-state index is -0.388. The average molecular weight is 200 g/mol. The summed E-state index contributed by atoms with van der Waals surface area (Å²) in [5.74, 6) is 0. The van der Waals surface area contributed by atoms with E-state index >= 15 is 0 Å². The molecular formula is C11H8N2O2. The first-order valence-electron chi connectivity index (χ1n) is 4.79. The molecule has 2 aromatic rings. The summed E-state index contributed by atoms with van der Waals surface area (Å²) in [6, 6.07) is 5.78. The van der Waals surface area contributed by atoms with Crippen LogP contribution in [0.15, 0.2) is 33.9 Å². The smallest absolute Gasteiger partial charge is 0.235 e. The third kappa shape index (κ3) is 1.12. The van der Waals surface area contributed by atoms with E-state index in [1.54, 1.807) is 12.3 Å². The van der Waals surface area contributed by atoms with Gasteiger partial charge >= 0.3 is 0 Å².